The zero-order valence-electron chi connectivity index (χ0n) is 9.73. The number of nitrogens with one attached hydrogen (secondary N) is 1. The standard InChI is InChI=1S/C11H19N3OS/c1-3-9(6-11(12)14-15)13-7-10-5-4-8(2)16-10/h4-5,9,13,15H,3,6-7H2,1-2H3,(H2,12,14). The highest BCUT2D eigenvalue weighted by Gasteiger charge is 2.08. The van der Waals surface area contributed by atoms with E-state index in [0.29, 0.717) is 6.42 Å². The van der Waals surface area contributed by atoms with Crippen molar-refractivity contribution in [2.75, 3.05) is 0 Å². The van der Waals surface area contributed by atoms with Gasteiger partial charge in [0.1, 0.15) is 5.84 Å². The van der Waals surface area contributed by atoms with Gasteiger partial charge >= 0.3 is 0 Å². The van der Waals surface area contributed by atoms with Crippen LogP contribution in [0.3, 0.4) is 0 Å². The van der Waals surface area contributed by atoms with Crippen LogP contribution in [0.4, 0.5) is 0 Å². The minimum Gasteiger partial charge on any atom is -0.409 e. The fourth-order valence-electron chi connectivity index (χ4n) is 1.48. The number of hydrogen-bond acceptors (Lipinski definition) is 4. The monoisotopic (exact) mass is 241 g/mol. The number of thiophene rings is 1. The molecule has 0 saturated carbocycles. The molecule has 1 heterocycles. The van der Waals surface area contributed by atoms with Crippen molar-refractivity contribution in [2.45, 2.75) is 39.3 Å². The summed E-state index contributed by atoms with van der Waals surface area (Å²) in [7, 11) is 0. The second kappa shape index (κ2) is 6.50. The van der Waals surface area contributed by atoms with E-state index in [0.717, 1.165) is 13.0 Å². The molecule has 4 nitrogen and oxygen atoms in total. The Morgan fingerprint density at radius 1 is 1.62 bits per heavy atom. The van der Waals surface area contributed by atoms with E-state index >= 15 is 0 Å². The fraction of sp³-hybridized carbons (Fsp3) is 0.545. The maximum Gasteiger partial charge on any atom is 0.140 e. The third-order valence-electron chi connectivity index (χ3n) is 2.44. The van der Waals surface area contributed by atoms with Crippen LogP contribution in [0.1, 0.15) is 29.5 Å². The summed E-state index contributed by atoms with van der Waals surface area (Å²) < 4.78 is 0. The first-order valence-corrected chi connectivity index (χ1v) is 6.22. The van der Waals surface area contributed by atoms with E-state index in [-0.39, 0.29) is 11.9 Å². The molecule has 0 saturated heterocycles. The summed E-state index contributed by atoms with van der Waals surface area (Å²) in [4.78, 5) is 2.64. The molecule has 90 valence electrons. The molecule has 0 aliphatic heterocycles. The molecular formula is C11H19N3OS. The van der Waals surface area contributed by atoms with Gasteiger partial charge in [-0.3, -0.25) is 0 Å². The van der Waals surface area contributed by atoms with Crippen LogP contribution in [0.15, 0.2) is 17.3 Å². The third-order valence-corrected chi connectivity index (χ3v) is 3.44. The topological polar surface area (TPSA) is 70.6 Å². The summed E-state index contributed by atoms with van der Waals surface area (Å²) in [5.41, 5.74) is 5.49. The van der Waals surface area contributed by atoms with Crippen LogP contribution >= 0.6 is 11.3 Å². The summed E-state index contributed by atoms with van der Waals surface area (Å²) in [6.07, 6.45) is 1.54. The van der Waals surface area contributed by atoms with E-state index in [1.807, 2.05) is 0 Å². The molecule has 1 unspecified atom stereocenters. The zero-order valence-corrected chi connectivity index (χ0v) is 10.5. The molecule has 0 aliphatic carbocycles. The molecule has 0 amide bonds. The predicted octanol–water partition coefficient (Wildman–Crippen LogP) is 2.06. The second-order valence-electron chi connectivity index (χ2n) is 3.79. The minimum absolute atomic E-state index is 0.262. The number of amidine groups is 1. The lowest BCUT2D eigenvalue weighted by Gasteiger charge is -2.15. The van der Waals surface area contributed by atoms with Crippen molar-refractivity contribution < 1.29 is 5.21 Å². The van der Waals surface area contributed by atoms with Crippen molar-refractivity contribution in [3.8, 4) is 0 Å². The smallest absolute Gasteiger partial charge is 0.140 e. The second-order valence-corrected chi connectivity index (χ2v) is 5.17. The molecule has 0 aliphatic rings. The molecule has 1 aromatic rings. The van der Waals surface area contributed by atoms with Gasteiger partial charge in [0, 0.05) is 28.8 Å². The normalized spacial score (nSPS) is 14.0. The summed E-state index contributed by atoms with van der Waals surface area (Å²) in [6, 6.07) is 4.51. The molecule has 5 heteroatoms. The minimum atomic E-state index is 0.262. The summed E-state index contributed by atoms with van der Waals surface area (Å²) >= 11 is 1.79. The molecule has 4 N–H and O–H groups in total. The van der Waals surface area contributed by atoms with E-state index in [4.69, 9.17) is 10.9 Å². The Morgan fingerprint density at radius 2 is 2.38 bits per heavy atom. The Balaban J connectivity index is 2.39. The molecule has 1 atom stereocenters. The molecular weight excluding hydrogens is 222 g/mol. The molecule has 0 spiro atoms. The molecule has 0 radical (unpaired) electrons. The van der Waals surface area contributed by atoms with Gasteiger partial charge in [-0.15, -0.1) is 11.3 Å². The molecule has 0 aromatic carbocycles. The van der Waals surface area contributed by atoms with E-state index in [2.05, 4.69) is 36.5 Å². The van der Waals surface area contributed by atoms with Crippen molar-refractivity contribution in [3.05, 3.63) is 21.9 Å². The predicted molar refractivity (Wildman–Crippen MR) is 68.0 cm³/mol. The Kier molecular flexibility index (Phi) is 5.28. The van der Waals surface area contributed by atoms with Gasteiger partial charge in [0.15, 0.2) is 0 Å². The fourth-order valence-corrected chi connectivity index (χ4v) is 2.32. The van der Waals surface area contributed by atoms with Gasteiger partial charge in [-0.1, -0.05) is 12.1 Å². The first kappa shape index (κ1) is 13.0. The van der Waals surface area contributed by atoms with E-state index in [1.54, 1.807) is 11.3 Å². The highest BCUT2D eigenvalue weighted by atomic mass is 32.1. The summed E-state index contributed by atoms with van der Waals surface area (Å²) in [5.74, 6) is 0.279. The van der Waals surface area contributed by atoms with Gasteiger partial charge in [0.25, 0.3) is 0 Å². The van der Waals surface area contributed by atoms with Crippen LogP contribution in [0.25, 0.3) is 0 Å². The lowest BCUT2D eigenvalue weighted by atomic mass is 10.1. The van der Waals surface area contributed by atoms with Crippen molar-refractivity contribution in [1.29, 1.82) is 0 Å². The maximum absolute atomic E-state index is 8.51. The van der Waals surface area contributed by atoms with Crippen LogP contribution in [-0.2, 0) is 6.54 Å². The Morgan fingerprint density at radius 3 is 2.88 bits per heavy atom. The van der Waals surface area contributed by atoms with E-state index in [1.165, 1.54) is 9.75 Å². The van der Waals surface area contributed by atoms with Crippen LogP contribution in [0.5, 0.6) is 0 Å². The highest BCUT2D eigenvalue weighted by molar-refractivity contribution is 7.11. The molecule has 0 bridgehead atoms. The molecule has 1 aromatic heterocycles. The number of nitrogens with two attached hydrogens (primary N) is 1. The van der Waals surface area contributed by atoms with Crippen LogP contribution < -0.4 is 11.1 Å². The van der Waals surface area contributed by atoms with Gasteiger partial charge in [-0.05, 0) is 25.5 Å². The van der Waals surface area contributed by atoms with Crippen molar-refractivity contribution in [1.82, 2.24) is 5.32 Å². The quantitative estimate of drug-likeness (QED) is 0.309. The van der Waals surface area contributed by atoms with Gasteiger partial charge in [-0.25, -0.2) is 0 Å². The van der Waals surface area contributed by atoms with Gasteiger partial charge < -0.3 is 16.3 Å². The number of oxime groups is 1. The van der Waals surface area contributed by atoms with Gasteiger partial charge in [0.2, 0.25) is 0 Å². The van der Waals surface area contributed by atoms with Crippen molar-refractivity contribution in [2.24, 2.45) is 10.9 Å². The SMILES string of the molecule is CCC(CC(N)=NO)NCc1ccc(C)s1. The zero-order chi connectivity index (χ0) is 12.0. The largest absolute Gasteiger partial charge is 0.409 e. The van der Waals surface area contributed by atoms with E-state index < -0.39 is 0 Å². The first-order chi connectivity index (χ1) is 7.65. The highest BCUT2D eigenvalue weighted by Crippen LogP contribution is 2.15. The lowest BCUT2D eigenvalue weighted by molar-refractivity contribution is 0.315. The third kappa shape index (κ3) is 4.20. The van der Waals surface area contributed by atoms with E-state index in [9.17, 15) is 0 Å². The summed E-state index contributed by atoms with van der Waals surface area (Å²) in [5, 5.41) is 14.9. The Labute approximate surface area is 100 Å². The van der Waals surface area contributed by atoms with Gasteiger partial charge in [-0.2, -0.15) is 0 Å². The number of aryl methyl sites for hydroxylation is 1. The number of nitrogens with zero attached hydrogens (tertiary/aromatic N) is 1. The van der Waals surface area contributed by atoms with Crippen LogP contribution in [0.2, 0.25) is 0 Å². The molecule has 1 rings (SSSR count). The van der Waals surface area contributed by atoms with Crippen LogP contribution in [0, 0.1) is 6.92 Å². The number of hydrogen-bond donors (Lipinski definition) is 3. The summed E-state index contributed by atoms with van der Waals surface area (Å²) in [6.45, 7) is 5.03. The van der Waals surface area contributed by atoms with Crippen LogP contribution in [-0.4, -0.2) is 17.1 Å². The molecule has 0 fully saturated rings. The average Bonchev–Trinajstić information content (AvgIpc) is 2.69. The number of rotatable bonds is 6. The Hall–Kier alpha value is -1.07. The van der Waals surface area contributed by atoms with Crippen molar-refractivity contribution >= 4 is 17.2 Å². The Bertz CT molecular complexity index is 349. The maximum atomic E-state index is 8.51. The van der Waals surface area contributed by atoms with Gasteiger partial charge in [0.05, 0.1) is 0 Å². The van der Waals surface area contributed by atoms with Crippen molar-refractivity contribution in [3.63, 3.8) is 0 Å². The molecule has 16 heavy (non-hydrogen) atoms. The average molecular weight is 241 g/mol. The first-order valence-electron chi connectivity index (χ1n) is 5.40. The lowest BCUT2D eigenvalue weighted by Crippen LogP contribution is -2.32.